The summed E-state index contributed by atoms with van der Waals surface area (Å²) < 4.78 is 0. The number of hydrogen-bond acceptors (Lipinski definition) is 3. The predicted molar refractivity (Wildman–Crippen MR) is 64.6 cm³/mol. The van der Waals surface area contributed by atoms with E-state index in [1.807, 2.05) is 13.8 Å². The van der Waals surface area contributed by atoms with Gasteiger partial charge in [0.25, 0.3) is 11.5 Å². The molecule has 0 unspecified atom stereocenters. The Morgan fingerprint density at radius 1 is 1.18 bits per heavy atom. The van der Waals surface area contributed by atoms with E-state index in [9.17, 15) is 9.59 Å². The molecule has 0 radical (unpaired) electrons. The molecule has 0 atom stereocenters. The van der Waals surface area contributed by atoms with E-state index in [0.717, 1.165) is 5.69 Å². The van der Waals surface area contributed by atoms with Gasteiger partial charge in [0.15, 0.2) is 0 Å². The van der Waals surface area contributed by atoms with Crippen LogP contribution in [-0.4, -0.2) is 21.8 Å². The summed E-state index contributed by atoms with van der Waals surface area (Å²) in [5, 5.41) is 9.21. The summed E-state index contributed by atoms with van der Waals surface area (Å²) in [7, 11) is 0. The van der Waals surface area contributed by atoms with E-state index >= 15 is 0 Å². The lowest BCUT2D eigenvalue weighted by molar-refractivity contribution is -0.116. The second kappa shape index (κ2) is 4.40. The van der Waals surface area contributed by atoms with Gasteiger partial charge in [-0.05, 0) is 18.9 Å². The molecule has 0 spiro atoms. The number of aromatic nitrogens is 2. The molecule has 1 amide bonds. The molecule has 2 heterocycles. The van der Waals surface area contributed by atoms with Crippen LogP contribution in [0.15, 0.2) is 15.5 Å². The fourth-order valence-electron chi connectivity index (χ4n) is 1.77. The summed E-state index contributed by atoms with van der Waals surface area (Å²) in [5.74, 6) is -0.260. The average molecular weight is 234 g/mol. The smallest absolute Gasteiger partial charge is 0.273 e. The van der Waals surface area contributed by atoms with Gasteiger partial charge in [-0.2, -0.15) is 5.10 Å². The van der Waals surface area contributed by atoms with Gasteiger partial charge in [-0.15, -0.1) is 0 Å². The van der Waals surface area contributed by atoms with E-state index in [1.54, 1.807) is 6.08 Å². The van der Waals surface area contributed by atoms with Crippen LogP contribution in [0.1, 0.15) is 31.5 Å². The molecule has 0 aromatic carbocycles. The first-order valence-corrected chi connectivity index (χ1v) is 5.55. The van der Waals surface area contributed by atoms with E-state index in [2.05, 4.69) is 20.7 Å². The first-order valence-electron chi connectivity index (χ1n) is 5.55. The lowest BCUT2D eigenvalue weighted by Gasteiger charge is -1.97. The lowest BCUT2D eigenvalue weighted by atomic mass is 10.0. The topological polar surface area (TPSA) is 90.1 Å². The van der Waals surface area contributed by atoms with Crippen molar-refractivity contribution in [2.45, 2.75) is 26.7 Å². The van der Waals surface area contributed by atoms with Crippen molar-refractivity contribution in [3.63, 3.8) is 0 Å². The summed E-state index contributed by atoms with van der Waals surface area (Å²) in [5.41, 5.74) is 4.61. The number of hydrogen-bond donors (Lipinski definition) is 3. The quantitative estimate of drug-likeness (QED) is 0.666. The number of carbonyl (C=O) groups is 1. The van der Waals surface area contributed by atoms with Crippen LogP contribution in [0.3, 0.4) is 0 Å². The highest BCUT2D eigenvalue weighted by molar-refractivity contribution is 6.27. The van der Waals surface area contributed by atoms with E-state index in [0.29, 0.717) is 29.7 Å². The highest BCUT2D eigenvalue weighted by Crippen LogP contribution is 2.14. The SMILES string of the molecule is CCC1=NNC(=O)C1=Cc1c(CC)[nH][nH]c1=O. The van der Waals surface area contributed by atoms with Gasteiger partial charge in [0.2, 0.25) is 0 Å². The van der Waals surface area contributed by atoms with E-state index in [4.69, 9.17) is 0 Å². The van der Waals surface area contributed by atoms with Crippen molar-refractivity contribution in [1.82, 2.24) is 15.6 Å². The number of rotatable bonds is 3. The molecular formula is C11H14N4O2. The Bertz CT molecular complexity index is 562. The van der Waals surface area contributed by atoms with Gasteiger partial charge in [0.05, 0.1) is 16.8 Å². The molecule has 2 rings (SSSR count). The predicted octanol–water partition coefficient (Wildman–Crippen LogP) is 0.545. The van der Waals surface area contributed by atoms with Gasteiger partial charge < -0.3 is 5.10 Å². The normalized spacial score (nSPS) is 17.4. The van der Waals surface area contributed by atoms with E-state index in [1.165, 1.54) is 0 Å². The Balaban J connectivity index is 2.48. The highest BCUT2D eigenvalue weighted by Gasteiger charge is 2.22. The first-order chi connectivity index (χ1) is 8.17. The van der Waals surface area contributed by atoms with Crippen molar-refractivity contribution in [2.24, 2.45) is 5.10 Å². The van der Waals surface area contributed by atoms with Crippen LogP contribution in [0.2, 0.25) is 0 Å². The molecule has 1 aliphatic heterocycles. The molecule has 1 aromatic heterocycles. The zero-order valence-corrected chi connectivity index (χ0v) is 9.76. The van der Waals surface area contributed by atoms with Crippen molar-refractivity contribution in [1.29, 1.82) is 0 Å². The van der Waals surface area contributed by atoms with Crippen molar-refractivity contribution >= 4 is 17.7 Å². The Morgan fingerprint density at radius 2 is 1.94 bits per heavy atom. The number of H-pyrrole nitrogens is 2. The van der Waals surface area contributed by atoms with Crippen molar-refractivity contribution in [3.8, 4) is 0 Å². The van der Waals surface area contributed by atoms with Gasteiger partial charge in [-0.3, -0.25) is 14.7 Å². The number of carbonyl (C=O) groups excluding carboxylic acids is 1. The second-order valence-corrected chi connectivity index (χ2v) is 3.74. The molecule has 0 bridgehead atoms. The third-order valence-corrected chi connectivity index (χ3v) is 2.72. The van der Waals surface area contributed by atoms with E-state index in [-0.39, 0.29) is 11.5 Å². The molecule has 0 aliphatic carbocycles. The van der Waals surface area contributed by atoms with Gasteiger partial charge in [0.1, 0.15) is 0 Å². The minimum atomic E-state index is -0.260. The molecular weight excluding hydrogens is 220 g/mol. The van der Waals surface area contributed by atoms with E-state index < -0.39 is 0 Å². The molecule has 1 aromatic rings. The maximum absolute atomic E-state index is 11.6. The second-order valence-electron chi connectivity index (χ2n) is 3.74. The number of hydrazone groups is 1. The first kappa shape index (κ1) is 11.4. The molecule has 1 aliphatic rings. The maximum atomic E-state index is 11.6. The third kappa shape index (κ3) is 1.93. The zero-order chi connectivity index (χ0) is 12.4. The number of nitrogens with one attached hydrogen (secondary N) is 3. The molecule has 17 heavy (non-hydrogen) atoms. The number of amides is 1. The van der Waals surface area contributed by atoms with Gasteiger partial charge in [0, 0.05) is 5.69 Å². The lowest BCUT2D eigenvalue weighted by Crippen LogP contribution is -2.14. The number of nitrogens with zero attached hydrogens (tertiary/aromatic N) is 1. The van der Waals surface area contributed by atoms with Crippen LogP contribution in [0, 0.1) is 0 Å². The van der Waals surface area contributed by atoms with Crippen LogP contribution >= 0.6 is 0 Å². The monoisotopic (exact) mass is 234 g/mol. The van der Waals surface area contributed by atoms with Crippen molar-refractivity contribution in [2.75, 3.05) is 0 Å². The van der Waals surface area contributed by atoms with Crippen LogP contribution < -0.4 is 11.0 Å². The van der Waals surface area contributed by atoms with Crippen LogP contribution in [0.25, 0.3) is 6.08 Å². The molecule has 0 saturated heterocycles. The van der Waals surface area contributed by atoms with Gasteiger partial charge >= 0.3 is 0 Å². The fraction of sp³-hybridized carbons (Fsp3) is 0.364. The highest BCUT2D eigenvalue weighted by atomic mass is 16.2. The minimum absolute atomic E-state index is 0.218. The summed E-state index contributed by atoms with van der Waals surface area (Å²) in [6.07, 6.45) is 2.94. The largest absolute Gasteiger partial charge is 0.302 e. The fourth-order valence-corrected chi connectivity index (χ4v) is 1.77. The maximum Gasteiger partial charge on any atom is 0.273 e. The summed E-state index contributed by atoms with van der Waals surface area (Å²) in [6.45, 7) is 3.85. The Labute approximate surface area is 97.8 Å². The number of aromatic amines is 2. The Morgan fingerprint density at radius 3 is 2.59 bits per heavy atom. The Kier molecular flexibility index (Phi) is 2.95. The minimum Gasteiger partial charge on any atom is -0.302 e. The standard InChI is InChI=1S/C11H14N4O2/c1-3-8-6(10(16)14-12-8)5-7-9(4-2)13-15-11(7)17/h5H,3-4H2,1-2H3,(H,14,16)(H2,13,15,17). The Hall–Kier alpha value is -2.11. The van der Waals surface area contributed by atoms with Gasteiger partial charge in [-0.25, -0.2) is 5.43 Å². The van der Waals surface area contributed by atoms with Crippen molar-refractivity contribution in [3.05, 3.63) is 27.2 Å². The molecule has 6 heteroatoms. The van der Waals surface area contributed by atoms with Crippen LogP contribution in [0.4, 0.5) is 0 Å². The third-order valence-electron chi connectivity index (χ3n) is 2.72. The average Bonchev–Trinajstić information content (AvgIpc) is 2.85. The van der Waals surface area contributed by atoms with Crippen LogP contribution in [0.5, 0.6) is 0 Å². The molecule has 90 valence electrons. The summed E-state index contributed by atoms with van der Waals surface area (Å²) in [6, 6.07) is 0. The molecule has 6 nitrogen and oxygen atoms in total. The summed E-state index contributed by atoms with van der Waals surface area (Å²) in [4.78, 5) is 23.1. The number of aryl methyl sites for hydroxylation is 1. The molecule has 3 N–H and O–H groups in total. The van der Waals surface area contributed by atoms with Gasteiger partial charge in [-0.1, -0.05) is 13.8 Å². The summed E-state index contributed by atoms with van der Waals surface area (Å²) >= 11 is 0. The molecule has 0 fully saturated rings. The zero-order valence-electron chi connectivity index (χ0n) is 9.76. The van der Waals surface area contributed by atoms with Crippen molar-refractivity contribution < 1.29 is 4.79 Å². The molecule has 0 saturated carbocycles. The van der Waals surface area contributed by atoms with Crippen LogP contribution in [-0.2, 0) is 11.2 Å².